The van der Waals surface area contributed by atoms with Crippen molar-refractivity contribution in [2.24, 2.45) is 5.92 Å². The zero-order chi connectivity index (χ0) is 29.8. The van der Waals surface area contributed by atoms with E-state index in [0.29, 0.717) is 30.0 Å². The number of ether oxygens (including phenoxy) is 2. The van der Waals surface area contributed by atoms with Gasteiger partial charge in [0.2, 0.25) is 5.75 Å². The second-order valence-corrected chi connectivity index (χ2v) is 9.30. The molecule has 0 aliphatic carbocycles. The fourth-order valence-corrected chi connectivity index (χ4v) is 4.25. The van der Waals surface area contributed by atoms with E-state index in [0.717, 1.165) is 25.7 Å². The summed E-state index contributed by atoms with van der Waals surface area (Å²) in [7, 11) is 0. The fraction of sp³-hybridized carbons (Fsp3) is 0.357. The Morgan fingerprint density at radius 2 is 1.32 bits per heavy atom. The van der Waals surface area contributed by atoms with Crippen molar-refractivity contribution in [1.29, 1.82) is 0 Å². The van der Waals surface area contributed by atoms with Crippen LogP contribution < -0.4 is 9.47 Å². The number of rotatable bonds is 11. The monoisotopic (exact) mass is 582 g/mol. The predicted molar refractivity (Wildman–Crippen MR) is 126 cm³/mol. The van der Waals surface area contributed by atoms with Crippen molar-refractivity contribution in [1.82, 2.24) is 0 Å². The Labute approximate surface area is 223 Å². The summed E-state index contributed by atoms with van der Waals surface area (Å²) in [6.07, 6.45) is -5.93. The standard InChI is InChI=1S/C28H24F10O2/c1-3-5-15(2)6-4-7-16-8-9-19(20(29)10-16)17-11-21(30)25(22(31)12-17)27(34,35)39-18-13-23(32)26(24(33)14-18)40-28(36,37)38/h8-15H,3-7H2,1-2H3. The summed E-state index contributed by atoms with van der Waals surface area (Å²) in [4.78, 5) is 0. The van der Waals surface area contributed by atoms with Gasteiger partial charge >= 0.3 is 12.5 Å². The highest BCUT2D eigenvalue weighted by Gasteiger charge is 2.42. The number of benzene rings is 3. The second kappa shape index (κ2) is 12.4. The molecule has 2 nitrogen and oxygen atoms in total. The molecule has 12 heteroatoms. The molecule has 0 saturated heterocycles. The van der Waals surface area contributed by atoms with E-state index in [1.807, 2.05) is 0 Å². The molecule has 3 aromatic rings. The van der Waals surface area contributed by atoms with Crippen LogP contribution in [-0.2, 0) is 12.5 Å². The molecule has 0 spiro atoms. The summed E-state index contributed by atoms with van der Waals surface area (Å²) in [6.45, 7) is 4.20. The third kappa shape index (κ3) is 7.82. The van der Waals surface area contributed by atoms with Gasteiger partial charge in [-0.25, -0.2) is 22.0 Å². The second-order valence-electron chi connectivity index (χ2n) is 9.30. The van der Waals surface area contributed by atoms with Crippen LogP contribution in [0.15, 0.2) is 42.5 Å². The van der Waals surface area contributed by atoms with Gasteiger partial charge in [-0.05, 0) is 48.1 Å². The summed E-state index contributed by atoms with van der Waals surface area (Å²) in [5.74, 6) is -11.5. The molecular weight excluding hydrogens is 558 g/mol. The van der Waals surface area contributed by atoms with Crippen LogP contribution in [0.25, 0.3) is 11.1 Å². The smallest absolute Gasteiger partial charge is 0.429 e. The molecule has 0 radical (unpaired) electrons. The van der Waals surface area contributed by atoms with E-state index in [1.54, 1.807) is 6.07 Å². The first kappa shape index (κ1) is 31.1. The van der Waals surface area contributed by atoms with Gasteiger partial charge in [0.05, 0.1) is 0 Å². The van der Waals surface area contributed by atoms with Crippen LogP contribution in [0.1, 0.15) is 50.7 Å². The van der Waals surface area contributed by atoms with E-state index < -0.39 is 64.2 Å². The Hall–Kier alpha value is -3.44. The Bertz CT molecular complexity index is 1290. The quantitative estimate of drug-likeness (QED) is 0.210. The number of hydrogen-bond donors (Lipinski definition) is 0. The number of alkyl halides is 5. The third-order valence-corrected chi connectivity index (χ3v) is 6.06. The fourth-order valence-electron chi connectivity index (χ4n) is 4.25. The van der Waals surface area contributed by atoms with Gasteiger partial charge < -0.3 is 9.47 Å². The van der Waals surface area contributed by atoms with Crippen molar-refractivity contribution in [3.05, 3.63) is 82.7 Å². The highest BCUT2D eigenvalue weighted by Crippen LogP contribution is 2.39. The van der Waals surface area contributed by atoms with Crippen LogP contribution >= 0.6 is 0 Å². The molecule has 0 fully saturated rings. The van der Waals surface area contributed by atoms with E-state index in [-0.39, 0.29) is 17.7 Å². The molecular formula is C28H24F10O2. The van der Waals surface area contributed by atoms with Gasteiger partial charge in [-0.3, -0.25) is 0 Å². The van der Waals surface area contributed by atoms with E-state index in [4.69, 9.17) is 0 Å². The average molecular weight is 582 g/mol. The van der Waals surface area contributed by atoms with Gasteiger partial charge in [-0.2, -0.15) is 8.78 Å². The molecule has 0 aliphatic rings. The number of halogens is 10. The first-order valence-electron chi connectivity index (χ1n) is 12.2. The lowest BCUT2D eigenvalue weighted by atomic mass is 9.96. The molecule has 0 heterocycles. The maximum absolute atomic E-state index is 14.8. The van der Waals surface area contributed by atoms with Gasteiger partial charge in [0.25, 0.3) is 0 Å². The first-order chi connectivity index (χ1) is 18.6. The van der Waals surface area contributed by atoms with E-state index in [9.17, 15) is 43.9 Å². The Morgan fingerprint density at radius 3 is 1.85 bits per heavy atom. The topological polar surface area (TPSA) is 18.5 Å². The van der Waals surface area contributed by atoms with Crippen LogP contribution in [0.4, 0.5) is 43.9 Å². The van der Waals surface area contributed by atoms with E-state index >= 15 is 0 Å². The van der Waals surface area contributed by atoms with Crippen molar-refractivity contribution in [2.45, 2.75) is 58.4 Å². The van der Waals surface area contributed by atoms with Crippen LogP contribution in [0.2, 0.25) is 0 Å². The summed E-state index contributed by atoms with van der Waals surface area (Å²) < 4.78 is 145. The van der Waals surface area contributed by atoms with Crippen LogP contribution in [-0.4, -0.2) is 6.36 Å². The van der Waals surface area contributed by atoms with Crippen molar-refractivity contribution < 1.29 is 53.4 Å². The van der Waals surface area contributed by atoms with Crippen LogP contribution in [0.5, 0.6) is 11.5 Å². The molecule has 40 heavy (non-hydrogen) atoms. The minimum Gasteiger partial charge on any atom is -0.429 e. The SMILES string of the molecule is CCCC(C)CCCc1ccc(-c2cc(F)c(C(F)(F)Oc3cc(F)c(OC(F)(F)F)c(F)c3)c(F)c2)c(F)c1. The lowest BCUT2D eigenvalue weighted by Gasteiger charge is -2.21. The van der Waals surface area contributed by atoms with E-state index in [1.165, 1.54) is 12.1 Å². The Balaban J connectivity index is 1.82. The molecule has 0 saturated carbocycles. The van der Waals surface area contributed by atoms with Crippen molar-refractivity contribution >= 4 is 0 Å². The van der Waals surface area contributed by atoms with Crippen LogP contribution in [0, 0.1) is 35.0 Å². The lowest BCUT2D eigenvalue weighted by Crippen LogP contribution is -2.25. The van der Waals surface area contributed by atoms with Gasteiger partial charge in [-0.1, -0.05) is 45.2 Å². The van der Waals surface area contributed by atoms with E-state index in [2.05, 4.69) is 23.3 Å². The van der Waals surface area contributed by atoms with Crippen molar-refractivity contribution in [3.8, 4) is 22.6 Å². The number of aryl methyl sites for hydroxylation is 1. The summed E-state index contributed by atoms with van der Waals surface area (Å²) in [5.41, 5.74) is -1.98. The Kier molecular flexibility index (Phi) is 9.63. The van der Waals surface area contributed by atoms with Crippen LogP contribution in [0.3, 0.4) is 0 Å². The largest absolute Gasteiger partial charge is 0.573 e. The zero-order valence-electron chi connectivity index (χ0n) is 21.3. The normalized spacial score (nSPS) is 12.9. The minimum atomic E-state index is -5.49. The molecule has 1 atom stereocenters. The summed E-state index contributed by atoms with van der Waals surface area (Å²) >= 11 is 0. The van der Waals surface area contributed by atoms with Gasteiger partial charge in [0.1, 0.15) is 28.8 Å². The summed E-state index contributed by atoms with van der Waals surface area (Å²) in [5, 5.41) is 0. The van der Waals surface area contributed by atoms with Crippen molar-refractivity contribution in [3.63, 3.8) is 0 Å². The first-order valence-corrected chi connectivity index (χ1v) is 12.2. The lowest BCUT2D eigenvalue weighted by molar-refractivity contribution is -0.276. The summed E-state index contributed by atoms with van der Waals surface area (Å²) in [6, 6.07) is 4.71. The highest BCUT2D eigenvalue weighted by atomic mass is 19.4. The molecule has 0 bridgehead atoms. The molecule has 3 rings (SSSR count). The molecule has 3 aromatic carbocycles. The van der Waals surface area contributed by atoms with Crippen molar-refractivity contribution in [2.75, 3.05) is 0 Å². The minimum absolute atomic E-state index is 0.0797. The molecule has 0 aliphatic heterocycles. The molecule has 0 N–H and O–H groups in total. The molecule has 218 valence electrons. The Morgan fingerprint density at radius 1 is 0.725 bits per heavy atom. The third-order valence-electron chi connectivity index (χ3n) is 6.06. The maximum atomic E-state index is 14.8. The highest BCUT2D eigenvalue weighted by molar-refractivity contribution is 5.65. The molecule has 0 aromatic heterocycles. The predicted octanol–water partition coefficient (Wildman–Crippen LogP) is 9.83. The zero-order valence-corrected chi connectivity index (χ0v) is 21.3. The van der Waals surface area contributed by atoms with Gasteiger partial charge in [-0.15, -0.1) is 13.2 Å². The molecule has 1 unspecified atom stereocenters. The molecule has 0 amide bonds. The van der Waals surface area contributed by atoms with Gasteiger partial charge in [0, 0.05) is 17.7 Å². The average Bonchev–Trinajstić information content (AvgIpc) is 2.80. The van der Waals surface area contributed by atoms with Gasteiger partial charge in [0.15, 0.2) is 11.6 Å². The maximum Gasteiger partial charge on any atom is 0.573 e. The number of hydrogen-bond acceptors (Lipinski definition) is 2.